The topological polar surface area (TPSA) is 30.0 Å². The zero-order valence-electron chi connectivity index (χ0n) is 10.4. The van der Waals surface area contributed by atoms with Gasteiger partial charge in [0.2, 0.25) is 0 Å². The van der Waals surface area contributed by atoms with Crippen LogP contribution in [0.2, 0.25) is 0 Å². The fourth-order valence-corrected chi connectivity index (χ4v) is 2.64. The van der Waals surface area contributed by atoms with E-state index in [4.69, 9.17) is 0 Å². The largest absolute Gasteiger partial charge is 0.299 e. The van der Waals surface area contributed by atoms with Gasteiger partial charge in [0.05, 0.1) is 12.1 Å². The number of ketones is 1. The van der Waals surface area contributed by atoms with Crippen molar-refractivity contribution in [3.63, 3.8) is 0 Å². The minimum absolute atomic E-state index is 0.107. The molecule has 0 unspecified atom stereocenters. The highest BCUT2D eigenvalue weighted by atomic mass is 32.1. The molecule has 0 spiro atoms. The van der Waals surface area contributed by atoms with E-state index in [-0.39, 0.29) is 11.6 Å². The van der Waals surface area contributed by atoms with Gasteiger partial charge >= 0.3 is 0 Å². The van der Waals surface area contributed by atoms with E-state index < -0.39 is 0 Å². The van der Waals surface area contributed by atoms with Crippen molar-refractivity contribution in [3.05, 3.63) is 51.2 Å². The van der Waals surface area contributed by atoms with Gasteiger partial charge in [-0.15, -0.1) is 11.3 Å². The molecule has 0 aliphatic rings. The summed E-state index contributed by atoms with van der Waals surface area (Å²) in [5.41, 5.74) is 1.83. The van der Waals surface area contributed by atoms with Crippen molar-refractivity contribution in [2.45, 2.75) is 26.7 Å². The number of carbonyl (C=O) groups is 1. The van der Waals surface area contributed by atoms with Gasteiger partial charge in [-0.05, 0) is 31.5 Å². The first-order valence-electron chi connectivity index (χ1n) is 5.73. The van der Waals surface area contributed by atoms with Crippen LogP contribution in [-0.4, -0.2) is 10.8 Å². The predicted molar refractivity (Wildman–Crippen MR) is 70.4 cm³/mol. The van der Waals surface area contributed by atoms with Crippen LogP contribution in [0.15, 0.2) is 24.3 Å². The molecule has 0 radical (unpaired) electrons. The molecule has 1 aromatic carbocycles. The van der Waals surface area contributed by atoms with Crippen molar-refractivity contribution in [1.29, 1.82) is 0 Å². The summed E-state index contributed by atoms with van der Waals surface area (Å²) in [4.78, 5) is 17.4. The number of Topliss-reactive ketones (excluding diaryl/α,β-unsaturated/α-hetero) is 1. The second-order valence-electron chi connectivity index (χ2n) is 4.27. The summed E-state index contributed by atoms with van der Waals surface area (Å²) < 4.78 is 12.7. The van der Waals surface area contributed by atoms with Gasteiger partial charge in [0.25, 0.3) is 0 Å². The van der Waals surface area contributed by atoms with Crippen molar-refractivity contribution in [3.8, 4) is 0 Å². The van der Waals surface area contributed by atoms with E-state index in [9.17, 15) is 9.18 Å². The van der Waals surface area contributed by atoms with Gasteiger partial charge in [-0.2, -0.15) is 0 Å². The van der Waals surface area contributed by atoms with Crippen molar-refractivity contribution >= 4 is 17.1 Å². The average Bonchev–Trinajstić information content (AvgIpc) is 2.61. The van der Waals surface area contributed by atoms with E-state index in [1.165, 1.54) is 12.1 Å². The van der Waals surface area contributed by atoms with E-state index in [1.54, 1.807) is 23.5 Å². The highest BCUT2D eigenvalue weighted by Gasteiger charge is 2.10. The second kappa shape index (κ2) is 5.40. The van der Waals surface area contributed by atoms with E-state index >= 15 is 0 Å². The van der Waals surface area contributed by atoms with Crippen LogP contribution < -0.4 is 0 Å². The molecular formula is C14H14FNOS. The van der Waals surface area contributed by atoms with Gasteiger partial charge < -0.3 is 0 Å². The van der Waals surface area contributed by atoms with Crippen molar-refractivity contribution in [2.24, 2.45) is 0 Å². The fraction of sp³-hybridized carbons (Fsp3) is 0.286. The molecule has 0 atom stereocenters. The number of nitrogens with zero attached hydrogens (tertiary/aromatic N) is 1. The Balaban J connectivity index is 1.98. The number of hydrogen-bond acceptors (Lipinski definition) is 3. The van der Waals surface area contributed by atoms with E-state index in [1.807, 2.05) is 13.8 Å². The predicted octanol–water partition coefficient (Wildman–Crippen LogP) is 3.25. The Hall–Kier alpha value is -1.55. The van der Waals surface area contributed by atoms with Gasteiger partial charge in [-0.3, -0.25) is 4.79 Å². The Kier molecular flexibility index (Phi) is 3.87. The normalized spacial score (nSPS) is 10.6. The van der Waals surface area contributed by atoms with Gasteiger partial charge in [-0.25, -0.2) is 9.37 Å². The molecule has 0 aliphatic carbocycles. The number of halogens is 1. The maximum atomic E-state index is 12.7. The molecule has 0 aliphatic heterocycles. The monoisotopic (exact) mass is 263 g/mol. The molecule has 2 rings (SSSR count). The summed E-state index contributed by atoms with van der Waals surface area (Å²) in [5.74, 6) is -0.173. The Morgan fingerprint density at radius 3 is 2.44 bits per heavy atom. The highest BCUT2D eigenvalue weighted by molar-refractivity contribution is 7.11. The Morgan fingerprint density at radius 1 is 1.22 bits per heavy atom. The van der Waals surface area contributed by atoms with Crippen molar-refractivity contribution < 1.29 is 9.18 Å². The van der Waals surface area contributed by atoms with E-state index in [0.29, 0.717) is 12.8 Å². The fourth-order valence-electron chi connectivity index (χ4n) is 1.68. The third-order valence-corrected chi connectivity index (χ3v) is 3.81. The first-order valence-corrected chi connectivity index (χ1v) is 6.55. The molecular weight excluding hydrogens is 249 g/mol. The molecule has 0 amide bonds. The number of hydrogen-bond donors (Lipinski definition) is 0. The molecule has 0 saturated carbocycles. The molecule has 0 fully saturated rings. The molecule has 2 aromatic rings. The summed E-state index contributed by atoms with van der Waals surface area (Å²) >= 11 is 1.56. The lowest BCUT2D eigenvalue weighted by molar-refractivity contribution is -0.117. The number of aryl methyl sites for hydroxylation is 2. The Morgan fingerprint density at radius 2 is 1.89 bits per heavy atom. The summed E-state index contributed by atoms with van der Waals surface area (Å²) in [6, 6.07) is 6.04. The first-order chi connectivity index (χ1) is 8.54. The molecule has 1 heterocycles. The van der Waals surface area contributed by atoms with Crippen LogP contribution in [0, 0.1) is 19.7 Å². The molecule has 18 heavy (non-hydrogen) atoms. The molecule has 0 saturated heterocycles. The van der Waals surface area contributed by atoms with Crippen LogP contribution in [0.5, 0.6) is 0 Å². The molecule has 0 bridgehead atoms. The smallest absolute Gasteiger partial charge is 0.144 e. The van der Waals surface area contributed by atoms with Gasteiger partial charge in [0, 0.05) is 11.3 Å². The van der Waals surface area contributed by atoms with Crippen LogP contribution in [0.3, 0.4) is 0 Å². The number of benzene rings is 1. The summed E-state index contributed by atoms with van der Waals surface area (Å²) in [6.07, 6.45) is 0.689. The van der Waals surface area contributed by atoms with Crippen LogP contribution in [0.4, 0.5) is 4.39 Å². The molecule has 1 aromatic heterocycles. The molecule has 0 N–H and O–H groups in total. The molecule has 2 nitrogen and oxygen atoms in total. The van der Waals surface area contributed by atoms with Crippen LogP contribution >= 0.6 is 11.3 Å². The number of aromatic nitrogens is 1. The lowest BCUT2D eigenvalue weighted by atomic mass is 10.1. The lowest BCUT2D eigenvalue weighted by Gasteiger charge is -1.99. The van der Waals surface area contributed by atoms with Crippen LogP contribution in [0.1, 0.15) is 21.1 Å². The van der Waals surface area contributed by atoms with Gasteiger partial charge in [0.15, 0.2) is 0 Å². The lowest BCUT2D eigenvalue weighted by Crippen LogP contribution is -2.06. The minimum atomic E-state index is -0.280. The van der Waals surface area contributed by atoms with Gasteiger partial charge in [-0.1, -0.05) is 12.1 Å². The SMILES string of the molecule is Cc1nc(CC(=O)Cc2ccc(F)cc2)sc1C. The van der Waals surface area contributed by atoms with Crippen LogP contribution in [0.25, 0.3) is 0 Å². The van der Waals surface area contributed by atoms with Gasteiger partial charge in [0.1, 0.15) is 16.6 Å². The molecule has 94 valence electrons. The quantitative estimate of drug-likeness (QED) is 0.847. The standard InChI is InChI=1S/C14H14FNOS/c1-9-10(2)18-14(16-9)8-13(17)7-11-3-5-12(15)6-4-11/h3-6H,7-8H2,1-2H3. The molecule has 4 heteroatoms. The Bertz CT molecular complexity index is 540. The summed E-state index contributed by atoms with van der Waals surface area (Å²) in [7, 11) is 0. The van der Waals surface area contributed by atoms with Crippen molar-refractivity contribution in [2.75, 3.05) is 0 Å². The summed E-state index contributed by atoms with van der Waals surface area (Å²) in [5, 5.41) is 0.858. The third kappa shape index (κ3) is 3.23. The zero-order chi connectivity index (χ0) is 13.1. The minimum Gasteiger partial charge on any atom is -0.299 e. The number of thiazole rings is 1. The average molecular weight is 263 g/mol. The highest BCUT2D eigenvalue weighted by Crippen LogP contribution is 2.17. The summed E-state index contributed by atoms with van der Waals surface area (Å²) in [6.45, 7) is 3.95. The first kappa shape index (κ1) is 12.9. The maximum absolute atomic E-state index is 12.7. The van der Waals surface area contributed by atoms with Crippen molar-refractivity contribution in [1.82, 2.24) is 4.98 Å². The number of rotatable bonds is 4. The maximum Gasteiger partial charge on any atom is 0.144 e. The second-order valence-corrected chi connectivity index (χ2v) is 5.56. The zero-order valence-corrected chi connectivity index (χ0v) is 11.2. The van der Waals surface area contributed by atoms with Crippen LogP contribution in [-0.2, 0) is 17.6 Å². The van der Waals surface area contributed by atoms with E-state index in [0.717, 1.165) is 21.1 Å². The Labute approximate surface area is 110 Å². The number of carbonyl (C=O) groups excluding carboxylic acids is 1. The third-order valence-electron chi connectivity index (χ3n) is 2.74. The van der Waals surface area contributed by atoms with E-state index in [2.05, 4.69) is 4.98 Å².